The van der Waals surface area contributed by atoms with E-state index in [1.165, 1.54) is 5.56 Å². The zero-order valence-corrected chi connectivity index (χ0v) is 14.7. The lowest BCUT2D eigenvalue weighted by molar-refractivity contribution is 0.854. The second kappa shape index (κ2) is 6.34. The fraction of sp³-hybridized carbons (Fsp3) is 0.167. The van der Waals surface area contributed by atoms with E-state index >= 15 is 0 Å². The molecule has 2 aromatic carbocycles. The highest BCUT2D eigenvalue weighted by atomic mass is 35.5. The van der Waals surface area contributed by atoms with Crippen molar-refractivity contribution in [2.24, 2.45) is 0 Å². The number of aromatic nitrogens is 4. The molecule has 24 heavy (non-hydrogen) atoms. The molecule has 0 bridgehead atoms. The van der Waals surface area contributed by atoms with E-state index in [4.69, 9.17) is 16.7 Å². The normalized spacial score (nSPS) is 11.2. The van der Waals surface area contributed by atoms with Crippen LogP contribution >= 0.6 is 22.9 Å². The van der Waals surface area contributed by atoms with Crippen LogP contribution in [-0.4, -0.2) is 19.8 Å². The summed E-state index contributed by atoms with van der Waals surface area (Å²) in [4.78, 5) is 0.813. The van der Waals surface area contributed by atoms with Crippen LogP contribution in [0.3, 0.4) is 0 Å². The first-order valence-electron chi connectivity index (χ1n) is 7.78. The van der Waals surface area contributed by atoms with Gasteiger partial charge in [-0.05, 0) is 29.7 Å². The Kier molecular flexibility index (Phi) is 4.04. The molecular weight excluding hydrogens is 340 g/mol. The molecule has 0 aliphatic heterocycles. The lowest BCUT2D eigenvalue weighted by Crippen LogP contribution is -1.97. The Morgan fingerprint density at radius 1 is 0.958 bits per heavy atom. The molecule has 4 aromatic rings. The first-order valence-corrected chi connectivity index (χ1v) is 8.97. The third kappa shape index (κ3) is 2.92. The van der Waals surface area contributed by atoms with Crippen LogP contribution in [0.25, 0.3) is 15.5 Å². The molecule has 0 saturated carbocycles. The second-order valence-electron chi connectivity index (χ2n) is 5.57. The van der Waals surface area contributed by atoms with E-state index in [1.54, 1.807) is 11.3 Å². The lowest BCUT2D eigenvalue weighted by Gasteiger charge is -1.99. The molecule has 2 heterocycles. The van der Waals surface area contributed by atoms with Gasteiger partial charge in [-0.15, -0.1) is 10.2 Å². The molecule has 0 atom stereocenters. The summed E-state index contributed by atoms with van der Waals surface area (Å²) >= 11 is 7.49. The Bertz CT molecular complexity index is 971. The summed E-state index contributed by atoms with van der Waals surface area (Å²) in [6, 6.07) is 16.3. The third-order valence-corrected chi connectivity index (χ3v) is 5.14. The summed E-state index contributed by atoms with van der Waals surface area (Å²) in [5, 5.41) is 14.9. The second-order valence-corrected chi connectivity index (χ2v) is 6.96. The summed E-state index contributed by atoms with van der Waals surface area (Å²) < 4.78 is 1.84. The van der Waals surface area contributed by atoms with Gasteiger partial charge in [0.25, 0.3) is 0 Å². The Morgan fingerprint density at radius 3 is 2.38 bits per heavy atom. The van der Waals surface area contributed by atoms with Crippen LogP contribution in [0, 0.1) is 0 Å². The highest BCUT2D eigenvalue weighted by Crippen LogP contribution is 2.26. The van der Waals surface area contributed by atoms with E-state index in [0.717, 1.165) is 38.4 Å². The lowest BCUT2D eigenvalue weighted by atomic mass is 10.1. The van der Waals surface area contributed by atoms with Crippen LogP contribution in [0.4, 0.5) is 0 Å². The third-order valence-electron chi connectivity index (χ3n) is 3.94. The van der Waals surface area contributed by atoms with Gasteiger partial charge in [-0.3, -0.25) is 0 Å². The zero-order valence-electron chi connectivity index (χ0n) is 13.1. The van der Waals surface area contributed by atoms with Gasteiger partial charge in [0.1, 0.15) is 5.01 Å². The number of hydrogen-bond acceptors (Lipinski definition) is 4. The largest absolute Gasteiger partial charge is 0.234 e. The number of nitrogens with zero attached hydrogens (tertiary/aromatic N) is 4. The molecule has 0 saturated heterocycles. The monoisotopic (exact) mass is 354 g/mol. The highest BCUT2D eigenvalue weighted by molar-refractivity contribution is 7.19. The summed E-state index contributed by atoms with van der Waals surface area (Å²) in [6.07, 6.45) is 1.72. The smallest absolute Gasteiger partial charge is 0.187 e. The molecular formula is C18H15ClN4S. The van der Waals surface area contributed by atoms with Gasteiger partial charge < -0.3 is 0 Å². The minimum atomic E-state index is 0.677. The molecule has 0 fully saturated rings. The Hall–Kier alpha value is -2.24. The zero-order chi connectivity index (χ0) is 16.5. The molecule has 120 valence electrons. The first-order chi connectivity index (χ1) is 11.7. The summed E-state index contributed by atoms with van der Waals surface area (Å²) in [7, 11) is 0. The number of aryl methyl sites for hydroxylation is 1. The van der Waals surface area contributed by atoms with Crippen molar-refractivity contribution in [1.29, 1.82) is 0 Å². The molecule has 4 rings (SSSR count). The van der Waals surface area contributed by atoms with Crippen LogP contribution in [-0.2, 0) is 12.8 Å². The van der Waals surface area contributed by atoms with Crippen molar-refractivity contribution in [2.45, 2.75) is 19.8 Å². The Morgan fingerprint density at radius 2 is 1.67 bits per heavy atom. The summed E-state index contributed by atoms with van der Waals surface area (Å²) in [6.45, 7) is 2.15. The summed E-state index contributed by atoms with van der Waals surface area (Å²) in [5.74, 6) is 0.833. The number of rotatable bonds is 4. The Labute approximate surface area is 148 Å². The first kappa shape index (κ1) is 15.3. The number of halogens is 1. The molecule has 0 spiro atoms. The van der Waals surface area contributed by atoms with Gasteiger partial charge in [0.2, 0.25) is 4.96 Å². The predicted molar refractivity (Wildman–Crippen MR) is 97.7 cm³/mol. The van der Waals surface area contributed by atoms with Crippen LogP contribution in [0.15, 0.2) is 48.5 Å². The number of benzene rings is 2. The molecule has 4 nitrogen and oxygen atoms in total. The summed E-state index contributed by atoms with van der Waals surface area (Å²) in [5.41, 5.74) is 3.57. The van der Waals surface area contributed by atoms with Gasteiger partial charge in [-0.1, -0.05) is 66.3 Å². The van der Waals surface area contributed by atoms with Gasteiger partial charge in [0, 0.05) is 17.0 Å². The molecule has 0 aliphatic carbocycles. The van der Waals surface area contributed by atoms with Crippen molar-refractivity contribution in [3.05, 3.63) is 70.5 Å². The molecule has 0 radical (unpaired) electrons. The average Bonchev–Trinajstić information content (AvgIpc) is 3.19. The molecule has 0 amide bonds. The maximum absolute atomic E-state index is 5.94. The van der Waals surface area contributed by atoms with Crippen molar-refractivity contribution in [2.75, 3.05) is 0 Å². The molecule has 0 N–H and O–H groups in total. The molecule has 0 unspecified atom stereocenters. The number of hydrogen-bond donors (Lipinski definition) is 0. The van der Waals surface area contributed by atoms with Gasteiger partial charge >= 0.3 is 0 Å². The van der Waals surface area contributed by atoms with E-state index in [9.17, 15) is 0 Å². The highest BCUT2D eigenvalue weighted by Gasteiger charge is 2.13. The molecule has 6 heteroatoms. The SMILES string of the molecule is CCc1ccc(-c2nn3c(Cc4ccc(Cl)cc4)nnc3s2)cc1. The fourth-order valence-electron chi connectivity index (χ4n) is 2.55. The van der Waals surface area contributed by atoms with Gasteiger partial charge in [0.15, 0.2) is 5.82 Å². The van der Waals surface area contributed by atoms with Crippen LogP contribution < -0.4 is 0 Å². The van der Waals surface area contributed by atoms with Crippen molar-refractivity contribution in [3.8, 4) is 10.6 Å². The molecule has 0 aliphatic rings. The van der Waals surface area contributed by atoms with Crippen molar-refractivity contribution in [1.82, 2.24) is 19.8 Å². The maximum Gasteiger partial charge on any atom is 0.234 e. The van der Waals surface area contributed by atoms with E-state index in [-0.39, 0.29) is 0 Å². The van der Waals surface area contributed by atoms with Crippen molar-refractivity contribution in [3.63, 3.8) is 0 Å². The van der Waals surface area contributed by atoms with Crippen LogP contribution in [0.5, 0.6) is 0 Å². The maximum atomic E-state index is 5.94. The van der Waals surface area contributed by atoms with E-state index in [2.05, 4.69) is 41.4 Å². The van der Waals surface area contributed by atoms with Gasteiger partial charge in [0.05, 0.1) is 0 Å². The quantitative estimate of drug-likeness (QED) is 0.535. The van der Waals surface area contributed by atoms with Crippen LogP contribution in [0.2, 0.25) is 5.02 Å². The van der Waals surface area contributed by atoms with Crippen LogP contribution in [0.1, 0.15) is 23.9 Å². The predicted octanol–water partition coefficient (Wildman–Crippen LogP) is 4.66. The minimum absolute atomic E-state index is 0.677. The van der Waals surface area contributed by atoms with Crippen molar-refractivity contribution >= 4 is 27.9 Å². The van der Waals surface area contributed by atoms with Crippen molar-refractivity contribution < 1.29 is 0 Å². The average molecular weight is 355 g/mol. The van der Waals surface area contributed by atoms with E-state index in [1.807, 2.05) is 28.8 Å². The minimum Gasteiger partial charge on any atom is -0.187 e. The standard InChI is InChI=1S/C18H15ClN4S/c1-2-12-3-7-14(8-4-12)17-22-23-16(20-21-18(23)24-17)11-13-5-9-15(19)10-6-13/h3-10H,2,11H2,1H3. The van der Waals surface area contributed by atoms with E-state index in [0.29, 0.717) is 6.42 Å². The number of fused-ring (bicyclic) bond motifs is 1. The Balaban J connectivity index is 1.66. The molecule has 2 aromatic heterocycles. The van der Waals surface area contributed by atoms with Gasteiger partial charge in [-0.2, -0.15) is 9.61 Å². The van der Waals surface area contributed by atoms with Gasteiger partial charge in [-0.25, -0.2) is 0 Å². The topological polar surface area (TPSA) is 43.1 Å². The van der Waals surface area contributed by atoms with E-state index < -0.39 is 0 Å². The fourth-order valence-corrected chi connectivity index (χ4v) is 3.54.